The fourth-order valence-corrected chi connectivity index (χ4v) is 3.66. The molecule has 2 N–H and O–H groups in total. The van der Waals surface area contributed by atoms with Crippen LogP contribution in [0.15, 0.2) is 36.4 Å². The first kappa shape index (κ1) is 17.5. The van der Waals surface area contributed by atoms with Crippen LogP contribution in [-0.4, -0.2) is 19.1 Å². The van der Waals surface area contributed by atoms with Gasteiger partial charge in [-0.15, -0.1) is 0 Å². The lowest BCUT2D eigenvalue weighted by atomic mass is 10.0. The molecule has 2 aliphatic rings. The van der Waals surface area contributed by atoms with Gasteiger partial charge < -0.3 is 15.4 Å². The molecule has 4 heteroatoms. The number of ether oxygens (including phenoxy) is 1. The number of hydrogen-bond donors (Lipinski definition) is 2. The van der Waals surface area contributed by atoms with E-state index in [9.17, 15) is 4.79 Å². The number of fused-ring (bicyclic) bond motifs is 1. The number of nitrogens with one attached hydrogen (secondary N) is 2. The van der Waals surface area contributed by atoms with Gasteiger partial charge in [0.05, 0.1) is 5.69 Å². The van der Waals surface area contributed by atoms with Crippen molar-refractivity contribution in [1.29, 1.82) is 0 Å². The highest BCUT2D eigenvalue weighted by Gasteiger charge is 2.14. The molecule has 0 radical (unpaired) electrons. The summed E-state index contributed by atoms with van der Waals surface area (Å²) in [6.07, 6.45) is 5.02. The van der Waals surface area contributed by atoms with E-state index in [4.69, 9.17) is 4.74 Å². The smallest absolute Gasteiger partial charge is 0.255 e. The zero-order valence-electron chi connectivity index (χ0n) is 15.6. The van der Waals surface area contributed by atoms with Crippen LogP contribution in [0.25, 0.3) is 0 Å². The molecule has 4 rings (SSSR count). The topological polar surface area (TPSA) is 50.4 Å². The van der Waals surface area contributed by atoms with Crippen molar-refractivity contribution < 1.29 is 9.53 Å². The highest BCUT2D eigenvalue weighted by molar-refractivity contribution is 6.05. The van der Waals surface area contributed by atoms with E-state index in [-0.39, 0.29) is 5.91 Å². The Morgan fingerprint density at radius 2 is 2.04 bits per heavy atom. The Hall–Kier alpha value is -2.93. The molecule has 0 aromatic heterocycles. The summed E-state index contributed by atoms with van der Waals surface area (Å²) in [5.74, 6) is 7.83. The Morgan fingerprint density at radius 3 is 2.85 bits per heavy atom. The molecule has 0 spiro atoms. The fourth-order valence-electron chi connectivity index (χ4n) is 3.66. The van der Waals surface area contributed by atoms with E-state index in [1.165, 1.54) is 25.7 Å². The summed E-state index contributed by atoms with van der Waals surface area (Å²) in [4.78, 5) is 12.7. The molecule has 2 aromatic rings. The van der Waals surface area contributed by atoms with Gasteiger partial charge in [0, 0.05) is 35.3 Å². The van der Waals surface area contributed by atoms with Crippen LogP contribution < -0.4 is 15.4 Å². The van der Waals surface area contributed by atoms with Crippen molar-refractivity contribution in [3.05, 3.63) is 53.1 Å². The maximum atomic E-state index is 12.7. The lowest BCUT2D eigenvalue weighted by Crippen LogP contribution is -2.18. The second-order valence-corrected chi connectivity index (χ2v) is 7.22. The van der Waals surface area contributed by atoms with Crippen LogP contribution in [0.5, 0.6) is 5.75 Å². The Labute approximate surface area is 160 Å². The van der Waals surface area contributed by atoms with E-state index in [0.29, 0.717) is 18.1 Å². The van der Waals surface area contributed by atoms with Crippen LogP contribution in [0.2, 0.25) is 0 Å². The van der Waals surface area contributed by atoms with Crippen molar-refractivity contribution in [2.24, 2.45) is 5.92 Å². The van der Waals surface area contributed by atoms with E-state index in [2.05, 4.69) is 22.5 Å². The number of anilines is 2. The number of benzene rings is 2. The van der Waals surface area contributed by atoms with Gasteiger partial charge in [0.25, 0.3) is 5.91 Å². The van der Waals surface area contributed by atoms with Gasteiger partial charge in [-0.3, -0.25) is 4.79 Å². The van der Waals surface area contributed by atoms with Crippen molar-refractivity contribution in [2.45, 2.75) is 32.6 Å². The monoisotopic (exact) mass is 360 g/mol. The number of amides is 1. The SMILES string of the molecule is Cc1cc(C#CC2CCCC2)ccc1C(=O)Nc1ccc2c(c1)OCCN2. The quantitative estimate of drug-likeness (QED) is 0.770. The molecular formula is C23H24N2O2. The third kappa shape index (κ3) is 4.09. The van der Waals surface area contributed by atoms with Gasteiger partial charge in [-0.05, 0) is 55.7 Å². The second-order valence-electron chi connectivity index (χ2n) is 7.22. The molecule has 138 valence electrons. The lowest BCUT2D eigenvalue weighted by molar-refractivity contribution is 0.102. The van der Waals surface area contributed by atoms with Crippen LogP contribution in [-0.2, 0) is 0 Å². The first-order valence-corrected chi connectivity index (χ1v) is 9.63. The van der Waals surface area contributed by atoms with Crippen molar-refractivity contribution in [1.82, 2.24) is 0 Å². The van der Waals surface area contributed by atoms with Crippen molar-refractivity contribution in [3.8, 4) is 17.6 Å². The molecule has 0 atom stereocenters. The number of aryl methyl sites for hydroxylation is 1. The third-order valence-electron chi connectivity index (χ3n) is 5.16. The van der Waals surface area contributed by atoms with Crippen molar-refractivity contribution in [3.63, 3.8) is 0 Å². The summed E-state index contributed by atoms with van der Waals surface area (Å²) in [5.41, 5.74) is 4.26. The number of rotatable bonds is 2. The molecule has 1 aliphatic carbocycles. The molecule has 0 saturated heterocycles. The predicted octanol–water partition coefficient (Wildman–Crippen LogP) is 4.59. The van der Waals surface area contributed by atoms with Crippen molar-refractivity contribution in [2.75, 3.05) is 23.8 Å². The van der Waals surface area contributed by atoms with E-state index < -0.39 is 0 Å². The summed E-state index contributed by atoms with van der Waals surface area (Å²) < 4.78 is 5.63. The summed E-state index contributed by atoms with van der Waals surface area (Å²) in [6, 6.07) is 11.5. The highest BCUT2D eigenvalue weighted by Crippen LogP contribution is 2.30. The molecule has 2 aromatic carbocycles. The molecule has 0 bridgehead atoms. The first-order valence-electron chi connectivity index (χ1n) is 9.63. The van der Waals surface area contributed by atoms with Gasteiger partial charge in [-0.1, -0.05) is 24.7 Å². The van der Waals surface area contributed by atoms with Crippen LogP contribution >= 0.6 is 0 Å². The number of carbonyl (C=O) groups excluding carboxylic acids is 1. The minimum atomic E-state index is -0.119. The average molecular weight is 360 g/mol. The van der Waals surface area contributed by atoms with Gasteiger partial charge in [0.2, 0.25) is 0 Å². The fraction of sp³-hybridized carbons (Fsp3) is 0.348. The molecule has 1 saturated carbocycles. The number of carbonyl (C=O) groups is 1. The molecule has 27 heavy (non-hydrogen) atoms. The highest BCUT2D eigenvalue weighted by atomic mass is 16.5. The second kappa shape index (κ2) is 7.75. The molecular weight excluding hydrogens is 336 g/mol. The van der Waals surface area contributed by atoms with Crippen LogP contribution in [0, 0.1) is 24.7 Å². The van der Waals surface area contributed by atoms with Crippen LogP contribution in [0.4, 0.5) is 11.4 Å². The van der Waals surface area contributed by atoms with E-state index in [1.54, 1.807) is 0 Å². The van der Waals surface area contributed by atoms with Crippen LogP contribution in [0.3, 0.4) is 0 Å². The normalized spacial score (nSPS) is 15.7. The van der Waals surface area contributed by atoms with E-state index >= 15 is 0 Å². The molecule has 1 amide bonds. The standard InChI is InChI=1S/C23H24N2O2/c1-16-14-18(7-6-17-4-2-3-5-17)8-10-20(16)23(26)25-19-9-11-21-22(15-19)27-13-12-24-21/h8-11,14-15,17,24H,2-5,12-13H2,1H3,(H,25,26). The van der Waals surface area contributed by atoms with Gasteiger partial charge in [-0.2, -0.15) is 0 Å². The maximum Gasteiger partial charge on any atom is 0.255 e. The summed E-state index contributed by atoms with van der Waals surface area (Å²) >= 11 is 0. The van der Waals surface area contributed by atoms with E-state index in [0.717, 1.165) is 34.8 Å². The summed E-state index contributed by atoms with van der Waals surface area (Å²) in [7, 11) is 0. The summed E-state index contributed by atoms with van der Waals surface area (Å²) in [6.45, 7) is 3.39. The molecule has 4 nitrogen and oxygen atoms in total. The third-order valence-corrected chi connectivity index (χ3v) is 5.16. The lowest BCUT2D eigenvalue weighted by Gasteiger charge is -2.19. The van der Waals surface area contributed by atoms with Gasteiger partial charge >= 0.3 is 0 Å². The summed E-state index contributed by atoms with van der Waals surface area (Å²) in [5, 5.41) is 6.23. The Bertz CT molecular complexity index is 918. The molecule has 1 fully saturated rings. The average Bonchev–Trinajstić information content (AvgIpc) is 3.20. The zero-order chi connectivity index (χ0) is 18.6. The minimum Gasteiger partial charge on any atom is -0.490 e. The van der Waals surface area contributed by atoms with Gasteiger partial charge in [0.1, 0.15) is 12.4 Å². The van der Waals surface area contributed by atoms with Crippen LogP contribution in [0.1, 0.15) is 47.2 Å². The van der Waals surface area contributed by atoms with E-state index in [1.807, 2.05) is 43.3 Å². The molecule has 0 unspecified atom stereocenters. The predicted molar refractivity (Wildman–Crippen MR) is 108 cm³/mol. The maximum absolute atomic E-state index is 12.7. The Morgan fingerprint density at radius 1 is 1.19 bits per heavy atom. The molecule has 1 aliphatic heterocycles. The Kier molecular flexibility index (Phi) is 5.02. The minimum absolute atomic E-state index is 0.119. The largest absolute Gasteiger partial charge is 0.490 e. The van der Waals surface area contributed by atoms with Gasteiger partial charge in [-0.25, -0.2) is 0 Å². The Balaban J connectivity index is 1.47. The van der Waals surface area contributed by atoms with Crippen molar-refractivity contribution >= 4 is 17.3 Å². The number of hydrogen-bond acceptors (Lipinski definition) is 3. The van der Waals surface area contributed by atoms with Gasteiger partial charge in [0.15, 0.2) is 0 Å². The molecule has 1 heterocycles. The first-order chi connectivity index (χ1) is 13.2. The zero-order valence-corrected chi connectivity index (χ0v) is 15.6.